The normalized spacial score (nSPS) is 15.8. The van der Waals surface area contributed by atoms with E-state index in [2.05, 4.69) is 19.1 Å². The van der Waals surface area contributed by atoms with Gasteiger partial charge in [-0.15, -0.1) is 11.3 Å². The summed E-state index contributed by atoms with van der Waals surface area (Å²) in [5.74, 6) is 0. The number of aryl methyl sites for hydroxylation is 3. The smallest absolute Gasteiger partial charge is 0.123 e. The van der Waals surface area contributed by atoms with E-state index in [-0.39, 0.29) is 0 Å². The molecule has 0 amide bonds. The van der Waals surface area contributed by atoms with Crippen LogP contribution in [0.25, 0.3) is 10.2 Å². The fraction of sp³-hybridized carbons (Fsp3) is 0.417. The van der Waals surface area contributed by atoms with E-state index in [1.807, 2.05) is 11.3 Å². The van der Waals surface area contributed by atoms with Crippen LogP contribution in [0.3, 0.4) is 0 Å². The highest BCUT2D eigenvalue weighted by Crippen LogP contribution is 2.28. The molecule has 1 aliphatic carbocycles. The molecule has 14 heavy (non-hydrogen) atoms. The van der Waals surface area contributed by atoms with Crippen molar-refractivity contribution in [2.24, 2.45) is 0 Å². The number of hydrogen-bond donors (Lipinski definition) is 0. The van der Waals surface area contributed by atoms with Crippen LogP contribution in [0.1, 0.15) is 29.0 Å². The Balaban J connectivity index is 2.26. The molecule has 0 saturated heterocycles. The van der Waals surface area contributed by atoms with Crippen molar-refractivity contribution in [2.45, 2.75) is 32.6 Å². The molecule has 0 spiro atoms. The van der Waals surface area contributed by atoms with E-state index in [0.29, 0.717) is 0 Å². The van der Waals surface area contributed by atoms with Crippen LogP contribution >= 0.6 is 11.3 Å². The average Bonchev–Trinajstić information content (AvgIpc) is 2.53. The second kappa shape index (κ2) is 3.06. The molecular weight excluding hydrogens is 190 g/mol. The second-order valence-electron chi connectivity index (χ2n) is 4.05. The zero-order valence-corrected chi connectivity index (χ0v) is 9.16. The summed E-state index contributed by atoms with van der Waals surface area (Å²) >= 11 is 1.81. The summed E-state index contributed by atoms with van der Waals surface area (Å²) in [6.07, 6.45) is 5.06. The highest BCUT2D eigenvalue weighted by atomic mass is 32.1. The molecule has 0 bridgehead atoms. The van der Waals surface area contributed by atoms with Gasteiger partial charge in [0, 0.05) is 16.0 Å². The van der Waals surface area contributed by atoms with Crippen LogP contribution < -0.4 is 0 Å². The van der Waals surface area contributed by atoms with Crippen LogP contribution in [0.15, 0.2) is 12.1 Å². The lowest BCUT2D eigenvalue weighted by molar-refractivity contribution is 0.671. The number of rotatable bonds is 0. The molecule has 2 aromatic heterocycles. The van der Waals surface area contributed by atoms with Crippen molar-refractivity contribution in [3.63, 3.8) is 0 Å². The van der Waals surface area contributed by atoms with Gasteiger partial charge < -0.3 is 0 Å². The maximum atomic E-state index is 4.76. The van der Waals surface area contributed by atoms with Gasteiger partial charge in [0.05, 0.1) is 0 Å². The quantitative estimate of drug-likeness (QED) is 0.638. The van der Waals surface area contributed by atoms with E-state index in [0.717, 1.165) is 0 Å². The summed E-state index contributed by atoms with van der Waals surface area (Å²) in [7, 11) is 0. The van der Waals surface area contributed by atoms with Crippen molar-refractivity contribution < 1.29 is 0 Å². The van der Waals surface area contributed by atoms with Gasteiger partial charge in [-0.2, -0.15) is 0 Å². The molecule has 0 atom stereocenters. The Bertz CT molecular complexity index is 441. The summed E-state index contributed by atoms with van der Waals surface area (Å²) in [6, 6.07) is 4.60. The molecular formula is C12H13NS. The van der Waals surface area contributed by atoms with Gasteiger partial charge in [-0.3, -0.25) is 0 Å². The van der Waals surface area contributed by atoms with Gasteiger partial charge in [-0.25, -0.2) is 4.98 Å². The predicted molar refractivity (Wildman–Crippen MR) is 61.0 cm³/mol. The third kappa shape index (κ3) is 1.25. The van der Waals surface area contributed by atoms with E-state index in [4.69, 9.17) is 4.98 Å². The summed E-state index contributed by atoms with van der Waals surface area (Å²) in [6.45, 7) is 2.16. The first-order chi connectivity index (χ1) is 6.83. The Hall–Kier alpha value is -0.890. The van der Waals surface area contributed by atoms with Crippen LogP contribution in [0.5, 0.6) is 0 Å². The largest absolute Gasteiger partial charge is 0.242 e. The number of thiophene rings is 1. The van der Waals surface area contributed by atoms with Crippen LogP contribution in [0.4, 0.5) is 0 Å². The van der Waals surface area contributed by atoms with Gasteiger partial charge in [0.15, 0.2) is 0 Å². The van der Waals surface area contributed by atoms with Gasteiger partial charge in [0.2, 0.25) is 0 Å². The van der Waals surface area contributed by atoms with Crippen molar-refractivity contribution in [3.8, 4) is 0 Å². The third-order valence-corrected chi connectivity index (χ3v) is 3.87. The summed E-state index contributed by atoms with van der Waals surface area (Å²) in [5.41, 5.74) is 2.84. The number of nitrogens with zero attached hydrogens (tertiary/aromatic N) is 1. The first-order valence-corrected chi connectivity index (χ1v) is 6.03. The zero-order valence-electron chi connectivity index (χ0n) is 8.34. The molecule has 0 aromatic carbocycles. The van der Waals surface area contributed by atoms with Crippen LogP contribution in [0, 0.1) is 6.92 Å². The lowest BCUT2D eigenvalue weighted by Crippen LogP contribution is -2.04. The van der Waals surface area contributed by atoms with E-state index in [9.17, 15) is 0 Å². The van der Waals surface area contributed by atoms with Gasteiger partial charge in [0.1, 0.15) is 4.83 Å². The lowest BCUT2D eigenvalue weighted by Gasteiger charge is -2.13. The van der Waals surface area contributed by atoms with Gasteiger partial charge in [-0.1, -0.05) is 0 Å². The number of aromatic nitrogens is 1. The summed E-state index contributed by atoms with van der Waals surface area (Å²) < 4.78 is 0. The molecule has 0 aliphatic heterocycles. The fourth-order valence-corrected chi connectivity index (χ4v) is 3.10. The highest BCUT2D eigenvalue weighted by Gasteiger charge is 2.12. The Morgan fingerprint density at radius 1 is 1.21 bits per heavy atom. The van der Waals surface area contributed by atoms with Crippen molar-refractivity contribution in [1.29, 1.82) is 0 Å². The number of fused-ring (bicyclic) bond motifs is 2. The monoisotopic (exact) mass is 203 g/mol. The molecule has 2 aromatic rings. The summed E-state index contributed by atoms with van der Waals surface area (Å²) in [4.78, 5) is 7.35. The number of pyridine rings is 1. The van der Waals surface area contributed by atoms with Crippen molar-refractivity contribution in [3.05, 3.63) is 28.3 Å². The standard InChI is InChI=1S/C12H13NS/c1-8-6-10-7-9-4-2-3-5-11(9)13-12(10)14-8/h6-7H,2-5H2,1H3. The molecule has 1 aliphatic rings. The topological polar surface area (TPSA) is 12.9 Å². The molecule has 72 valence electrons. The van der Waals surface area contributed by atoms with Gasteiger partial charge in [-0.05, 0) is 50.3 Å². The molecule has 2 heterocycles. The Kier molecular flexibility index (Phi) is 1.84. The highest BCUT2D eigenvalue weighted by molar-refractivity contribution is 7.18. The predicted octanol–water partition coefficient (Wildman–Crippen LogP) is 3.48. The molecule has 1 nitrogen and oxygen atoms in total. The van der Waals surface area contributed by atoms with E-state index in [1.54, 1.807) is 0 Å². The minimum Gasteiger partial charge on any atom is -0.242 e. The molecule has 2 heteroatoms. The second-order valence-corrected chi connectivity index (χ2v) is 5.29. The lowest BCUT2D eigenvalue weighted by atomic mass is 9.96. The van der Waals surface area contributed by atoms with Crippen LogP contribution in [-0.2, 0) is 12.8 Å². The van der Waals surface area contributed by atoms with Crippen molar-refractivity contribution in [2.75, 3.05) is 0 Å². The minimum atomic E-state index is 1.18. The molecule has 0 radical (unpaired) electrons. The number of hydrogen-bond acceptors (Lipinski definition) is 2. The van der Waals surface area contributed by atoms with Crippen LogP contribution in [-0.4, -0.2) is 4.98 Å². The van der Waals surface area contributed by atoms with Crippen LogP contribution in [0.2, 0.25) is 0 Å². The average molecular weight is 203 g/mol. The maximum absolute atomic E-state index is 4.76. The SMILES string of the molecule is Cc1cc2cc3c(nc2s1)CCCC3. The zero-order chi connectivity index (χ0) is 9.54. The van der Waals surface area contributed by atoms with E-state index in [1.165, 1.54) is 52.0 Å². The Labute approximate surface area is 87.8 Å². The first kappa shape index (κ1) is 8.42. The fourth-order valence-electron chi connectivity index (χ4n) is 2.22. The molecule has 0 fully saturated rings. The minimum absolute atomic E-state index is 1.18. The summed E-state index contributed by atoms with van der Waals surface area (Å²) in [5, 5.41) is 1.34. The molecule has 0 unspecified atom stereocenters. The molecule has 3 rings (SSSR count). The molecule has 0 N–H and O–H groups in total. The molecule has 0 saturated carbocycles. The van der Waals surface area contributed by atoms with E-state index >= 15 is 0 Å². The third-order valence-electron chi connectivity index (χ3n) is 2.91. The van der Waals surface area contributed by atoms with Gasteiger partial charge >= 0.3 is 0 Å². The Morgan fingerprint density at radius 3 is 3.00 bits per heavy atom. The van der Waals surface area contributed by atoms with Crippen molar-refractivity contribution in [1.82, 2.24) is 4.98 Å². The van der Waals surface area contributed by atoms with Gasteiger partial charge in [0.25, 0.3) is 0 Å². The maximum Gasteiger partial charge on any atom is 0.123 e. The Morgan fingerprint density at radius 2 is 2.07 bits per heavy atom. The van der Waals surface area contributed by atoms with E-state index < -0.39 is 0 Å². The first-order valence-electron chi connectivity index (χ1n) is 5.22. The van der Waals surface area contributed by atoms with Crippen molar-refractivity contribution >= 4 is 21.6 Å².